The molecule has 1 fully saturated rings. The predicted molar refractivity (Wildman–Crippen MR) is 68.3 cm³/mol. The van der Waals surface area contributed by atoms with Crippen molar-refractivity contribution in [1.29, 1.82) is 0 Å². The number of rotatable bonds is 3. The standard InChI is InChI=1S/C12H18N5O/c1-9(2)16-5-7-17(8-6-16)10-3-4-14-12(15-10)11(13)18/h3,9H,5-8H2,1-2H3,(H2,13,18). The summed E-state index contributed by atoms with van der Waals surface area (Å²) in [5, 5.41) is 0. The molecule has 0 aromatic carbocycles. The van der Waals surface area contributed by atoms with E-state index in [1.54, 1.807) is 6.07 Å². The molecule has 0 aliphatic carbocycles. The second-order valence-electron chi connectivity index (χ2n) is 4.66. The predicted octanol–water partition coefficient (Wildman–Crippen LogP) is -0.0939. The highest BCUT2D eigenvalue weighted by atomic mass is 16.1. The highest BCUT2D eigenvalue weighted by molar-refractivity contribution is 5.89. The summed E-state index contributed by atoms with van der Waals surface area (Å²) in [6, 6.07) is 2.25. The van der Waals surface area contributed by atoms with Crippen LogP contribution in [0.3, 0.4) is 0 Å². The van der Waals surface area contributed by atoms with Gasteiger partial charge in [0.1, 0.15) is 5.82 Å². The molecule has 6 heteroatoms. The summed E-state index contributed by atoms with van der Waals surface area (Å²) < 4.78 is 0. The van der Waals surface area contributed by atoms with Gasteiger partial charge in [0.25, 0.3) is 5.91 Å². The molecule has 1 radical (unpaired) electrons. The Morgan fingerprint density at radius 3 is 2.61 bits per heavy atom. The third kappa shape index (κ3) is 2.76. The smallest absolute Gasteiger partial charge is 0.286 e. The Morgan fingerprint density at radius 1 is 1.39 bits per heavy atom. The SMILES string of the molecule is CC(C)N1CCN(c2c[c]nc(C(N)=O)n2)CC1. The Morgan fingerprint density at radius 2 is 2.06 bits per heavy atom. The van der Waals surface area contributed by atoms with E-state index in [4.69, 9.17) is 5.73 Å². The monoisotopic (exact) mass is 248 g/mol. The number of piperazine rings is 1. The number of nitrogens with zero attached hydrogens (tertiary/aromatic N) is 4. The third-order valence-electron chi connectivity index (χ3n) is 3.17. The number of carbonyl (C=O) groups is 1. The fourth-order valence-electron chi connectivity index (χ4n) is 2.06. The van der Waals surface area contributed by atoms with Crippen molar-refractivity contribution in [2.75, 3.05) is 31.1 Å². The van der Waals surface area contributed by atoms with E-state index in [-0.39, 0.29) is 5.82 Å². The van der Waals surface area contributed by atoms with Crippen molar-refractivity contribution in [3.63, 3.8) is 0 Å². The second kappa shape index (κ2) is 5.30. The van der Waals surface area contributed by atoms with Gasteiger partial charge < -0.3 is 10.6 Å². The van der Waals surface area contributed by atoms with Gasteiger partial charge in [-0.3, -0.25) is 9.69 Å². The summed E-state index contributed by atoms with van der Waals surface area (Å²) in [4.78, 5) is 23.5. The lowest BCUT2D eigenvalue weighted by molar-refractivity contribution is 0.0990. The minimum atomic E-state index is -0.617. The van der Waals surface area contributed by atoms with Gasteiger partial charge in [-0.2, -0.15) is 0 Å². The van der Waals surface area contributed by atoms with Crippen LogP contribution in [0.1, 0.15) is 24.5 Å². The van der Waals surface area contributed by atoms with Crippen LogP contribution in [-0.4, -0.2) is 53.0 Å². The van der Waals surface area contributed by atoms with Crippen LogP contribution >= 0.6 is 0 Å². The number of aromatic nitrogens is 2. The molecule has 2 heterocycles. The van der Waals surface area contributed by atoms with E-state index in [0.717, 1.165) is 32.0 Å². The zero-order chi connectivity index (χ0) is 13.1. The topological polar surface area (TPSA) is 75.3 Å². The molecule has 6 nitrogen and oxygen atoms in total. The summed E-state index contributed by atoms with van der Waals surface area (Å²) >= 11 is 0. The van der Waals surface area contributed by atoms with Gasteiger partial charge in [-0.15, -0.1) is 0 Å². The lowest BCUT2D eigenvalue weighted by Crippen LogP contribution is -2.49. The van der Waals surface area contributed by atoms with Gasteiger partial charge in [-0.05, 0) is 13.8 Å². The Hall–Kier alpha value is -1.69. The van der Waals surface area contributed by atoms with Gasteiger partial charge in [-0.1, -0.05) is 0 Å². The number of carbonyl (C=O) groups excluding carboxylic acids is 1. The quantitative estimate of drug-likeness (QED) is 0.809. The first-order chi connectivity index (χ1) is 8.58. The van der Waals surface area contributed by atoms with E-state index in [9.17, 15) is 4.79 Å². The molecule has 1 saturated heterocycles. The largest absolute Gasteiger partial charge is 0.363 e. The van der Waals surface area contributed by atoms with E-state index in [1.165, 1.54) is 0 Å². The molecule has 1 aromatic heterocycles. The van der Waals surface area contributed by atoms with Gasteiger partial charge in [0, 0.05) is 38.3 Å². The van der Waals surface area contributed by atoms with Crippen LogP contribution in [0.25, 0.3) is 0 Å². The molecule has 0 atom stereocenters. The van der Waals surface area contributed by atoms with Crippen molar-refractivity contribution in [3.05, 3.63) is 18.1 Å². The molecule has 2 N–H and O–H groups in total. The summed E-state index contributed by atoms with van der Waals surface area (Å²) in [6.45, 7) is 8.16. The Labute approximate surface area is 107 Å². The van der Waals surface area contributed by atoms with Gasteiger partial charge in [-0.25, -0.2) is 9.97 Å². The molecule has 0 spiro atoms. The van der Waals surface area contributed by atoms with Crippen LogP contribution in [0.5, 0.6) is 0 Å². The van der Waals surface area contributed by atoms with Crippen LogP contribution in [0.2, 0.25) is 0 Å². The molecule has 1 amide bonds. The molecular formula is C12H18N5O. The minimum Gasteiger partial charge on any atom is -0.363 e. The molecule has 1 aliphatic heterocycles. The first kappa shape index (κ1) is 12.8. The molecule has 0 bridgehead atoms. The van der Waals surface area contributed by atoms with Gasteiger partial charge in [0.15, 0.2) is 0 Å². The number of hydrogen-bond acceptors (Lipinski definition) is 5. The third-order valence-corrected chi connectivity index (χ3v) is 3.17. The average molecular weight is 248 g/mol. The molecule has 0 unspecified atom stereocenters. The highest BCUT2D eigenvalue weighted by Crippen LogP contribution is 2.14. The van der Waals surface area contributed by atoms with Gasteiger partial charge >= 0.3 is 0 Å². The zero-order valence-corrected chi connectivity index (χ0v) is 10.8. The number of hydrogen-bond donors (Lipinski definition) is 1. The number of anilines is 1. The number of amides is 1. The molecule has 2 rings (SSSR count). The lowest BCUT2D eigenvalue weighted by atomic mass is 10.2. The average Bonchev–Trinajstić information content (AvgIpc) is 2.39. The summed E-state index contributed by atoms with van der Waals surface area (Å²) in [6.07, 6.45) is 2.67. The Kier molecular flexibility index (Phi) is 3.76. The Bertz CT molecular complexity index is 426. The van der Waals surface area contributed by atoms with E-state index in [2.05, 4.69) is 39.8 Å². The normalized spacial score (nSPS) is 17.2. The molecular weight excluding hydrogens is 230 g/mol. The second-order valence-corrected chi connectivity index (χ2v) is 4.66. The summed E-state index contributed by atoms with van der Waals surface area (Å²) in [5.41, 5.74) is 5.16. The van der Waals surface area contributed by atoms with Crippen LogP contribution in [0, 0.1) is 6.20 Å². The van der Waals surface area contributed by atoms with E-state index in [1.807, 2.05) is 0 Å². The van der Waals surface area contributed by atoms with Crippen molar-refractivity contribution < 1.29 is 4.79 Å². The first-order valence-corrected chi connectivity index (χ1v) is 6.12. The maximum atomic E-state index is 11.0. The van der Waals surface area contributed by atoms with Crippen molar-refractivity contribution in [1.82, 2.24) is 14.9 Å². The van der Waals surface area contributed by atoms with E-state index >= 15 is 0 Å². The summed E-state index contributed by atoms with van der Waals surface area (Å²) in [5.74, 6) is 0.134. The molecule has 0 saturated carbocycles. The van der Waals surface area contributed by atoms with Crippen LogP contribution < -0.4 is 10.6 Å². The fourth-order valence-corrected chi connectivity index (χ4v) is 2.06. The fraction of sp³-hybridized carbons (Fsp3) is 0.583. The maximum Gasteiger partial charge on any atom is 0.286 e. The lowest BCUT2D eigenvalue weighted by Gasteiger charge is -2.37. The van der Waals surface area contributed by atoms with Crippen molar-refractivity contribution >= 4 is 11.7 Å². The maximum absolute atomic E-state index is 11.0. The van der Waals surface area contributed by atoms with Crippen LogP contribution in [-0.2, 0) is 0 Å². The minimum absolute atomic E-state index is 0.0267. The highest BCUT2D eigenvalue weighted by Gasteiger charge is 2.20. The molecule has 1 aliphatic rings. The Balaban J connectivity index is 2.05. The number of nitrogens with two attached hydrogens (primary N) is 1. The zero-order valence-electron chi connectivity index (χ0n) is 10.8. The molecule has 1 aromatic rings. The van der Waals surface area contributed by atoms with Crippen molar-refractivity contribution in [3.8, 4) is 0 Å². The summed E-state index contributed by atoms with van der Waals surface area (Å²) in [7, 11) is 0. The molecule has 18 heavy (non-hydrogen) atoms. The van der Waals surface area contributed by atoms with Crippen LogP contribution in [0.4, 0.5) is 5.82 Å². The van der Waals surface area contributed by atoms with E-state index in [0.29, 0.717) is 6.04 Å². The van der Waals surface area contributed by atoms with Crippen LogP contribution in [0.15, 0.2) is 6.07 Å². The van der Waals surface area contributed by atoms with Crippen molar-refractivity contribution in [2.24, 2.45) is 5.73 Å². The van der Waals surface area contributed by atoms with Gasteiger partial charge in [0.2, 0.25) is 5.82 Å². The molecule has 97 valence electrons. The van der Waals surface area contributed by atoms with E-state index < -0.39 is 5.91 Å². The number of primary amides is 1. The van der Waals surface area contributed by atoms with Gasteiger partial charge in [0.05, 0.1) is 6.20 Å². The first-order valence-electron chi connectivity index (χ1n) is 6.12. The van der Waals surface area contributed by atoms with Crippen molar-refractivity contribution in [2.45, 2.75) is 19.9 Å².